The lowest BCUT2D eigenvalue weighted by atomic mass is 9.92. The van der Waals surface area contributed by atoms with Crippen LogP contribution in [0.1, 0.15) is 17.9 Å². The van der Waals surface area contributed by atoms with Gasteiger partial charge in [-0.15, -0.1) is 0 Å². The summed E-state index contributed by atoms with van der Waals surface area (Å²) in [6.07, 6.45) is 0.965. The highest BCUT2D eigenvalue weighted by molar-refractivity contribution is 7.99. The molecule has 0 saturated carbocycles. The van der Waals surface area contributed by atoms with Gasteiger partial charge in [0.05, 0.1) is 6.61 Å². The van der Waals surface area contributed by atoms with Crippen molar-refractivity contribution >= 4 is 17.7 Å². The molecule has 0 spiro atoms. The van der Waals surface area contributed by atoms with Crippen LogP contribution in [0, 0.1) is 0 Å². The molecule has 1 fully saturated rings. The summed E-state index contributed by atoms with van der Waals surface area (Å²) in [7, 11) is 0. The average molecular weight is 293 g/mol. The number of carboxylic acid groups (broad SMARTS) is 1. The zero-order chi connectivity index (χ0) is 13.9. The monoisotopic (exact) mass is 293 g/mol. The Labute approximate surface area is 123 Å². The number of benzene rings is 1. The van der Waals surface area contributed by atoms with Crippen LogP contribution in [0.2, 0.25) is 0 Å². The lowest BCUT2D eigenvalue weighted by Gasteiger charge is -2.36. The van der Waals surface area contributed by atoms with Crippen LogP contribution >= 0.6 is 11.8 Å². The van der Waals surface area contributed by atoms with Crippen molar-refractivity contribution in [1.29, 1.82) is 0 Å². The van der Waals surface area contributed by atoms with Crippen molar-refractivity contribution in [1.82, 2.24) is 4.90 Å². The Hall–Kier alpha value is -1.20. The topological polar surface area (TPSA) is 49.8 Å². The molecule has 5 heteroatoms. The standard InChI is InChI=1S/C15H19NO3S/c17-15(18)13-10-20-8-6-16(13)9-11-5-7-19-14-4-2-1-3-12(11)14/h1-4,11,13H,5-10H2,(H,17,18). The van der Waals surface area contributed by atoms with Gasteiger partial charge in [0.2, 0.25) is 0 Å². The summed E-state index contributed by atoms with van der Waals surface area (Å²) in [6.45, 7) is 2.40. The van der Waals surface area contributed by atoms with E-state index in [1.54, 1.807) is 11.8 Å². The summed E-state index contributed by atoms with van der Waals surface area (Å²) >= 11 is 1.74. The summed E-state index contributed by atoms with van der Waals surface area (Å²) in [5.74, 6) is 2.36. The first-order valence-electron chi connectivity index (χ1n) is 7.02. The van der Waals surface area contributed by atoms with Gasteiger partial charge in [0.1, 0.15) is 11.8 Å². The van der Waals surface area contributed by atoms with Gasteiger partial charge in [0.25, 0.3) is 0 Å². The van der Waals surface area contributed by atoms with Crippen LogP contribution in [0.5, 0.6) is 5.75 Å². The van der Waals surface area contributed by atoms with Gasteiger partial charge in [-0.05, 0) is 18.1 Å². The normalized spacial score (nSPS) is 26.6. The van der Waals surface area contributed by atoms with E-state index in [1.807, 2.05) is 18.2 Å². The molecular weight excluding hydrogens is 274 g/mol. The molecule has 2 unspecified atom stereocenters. The minimum Gasteiger partial charge on any atom is -0.493 e. The second kappa shape index (κ2) is 6.06. The Bertz CT molecular complexity index is 494. The van der Waals surface area contributed by atoms with Gasteiger partial charge in [-0.2, -0.15) is 11.8 Å². The fourth-order valence-corrected chi connectivity index (χ4v) is 4.08. The zero-order valence-corrected chi connectivity index (χ0v) is 12.1. The minimum absolute atomic E-state index is 0.344. The Balaban J connectivity index is 1.76. The van der Waals surface area contributed by atoms with Crippen LogP contribution in [-0.4, -0.2) is 53.2 Å². The molecule has 0 radical (unpaired) electrons. The molecule has 0 aliphatic carbocycles. The first-order chi connectivity index (χ1) is 9.75. The average Bonchev–Trinajstić information content (AvgIpc) is 2.48. The first kappa shape index (κ1) is 13.8. The molecule has 1 aromatic rings. The van der Waals surface area contributed by atoms with E-state index in [0.29, 0.717) is 11.7 Å². The third-order valence-electron chi connectivity index (χ3n) is 4.06. The maximum atomic E-state index is 11.4. The van der Waals surface area contributed by atoms with Gasteiger partial charge in [-0.3, -0.25) is 9.69 Å². The molecule has 0 amide bonds. The third kappa shape index (κ3) is 2.79. The number of fused-ring (bicyclic) bond motifs is 1. The van der Waals surface area contributed by atoms with Crippen LogP contribution in [0.25, 0.3) is 0 Å². The van der Waals surface area contributed by atoms with Crippen LogP contribution < -0.4 is 4.74 Å². The van der Waals surface area contributed by atoms with E-state index in [9.17, 15) is 9.90 Å². The van der Waals surface area contributed by atoms with E-state index in [1.165, 1.54) is 5.56 Å². The second-order valence-corrected chi connectivity index (χ2v) is 6.45. The van der Waals surface area contributed by atoms with Crippen LogP contribution in [0.4, 0.5) is 0 Å². The Kier molecular flexibility index (Phi) is 4.17. The molecule has 0 aromatic heterocycles. The molecule has 3 rings (SSSR count). The van der Waals surface area contributed by atoms with Crippen molar-refractivity contribution in [2.24, 2.45) is 0 Å². The Morgan fingerprint density at radius 2 is 2.30 bits per heavy atom. The van der Waals surface area contributed by atoms with Gasteiger partial charge in [0, 0.05) is 30.5 Å². The van der Waals surface area contributed by atoms with Crippen molar-refractivity contribution in [2.45, 2.75) is 18.4 Å². The first-order valence-corrected chi connectivity index (χ1v) is 8.17. The van der Waals surface area contributed by atoms with Crippen LogP contribution in [-0.2, 0) is 4.79 Å². The molecule has 1 aromatic carbocycles. The van der Waals surface area contributed by atoms with E-state index >= 15 is 0 Å². The number of hydrogen-bond acceptors (Lipinski definition) is 4. The SMILES string of the molecule is O=C(O)C1CSCCN1CC1CCOc2ccccc21. The molecule has 2 aliphatic heterocycles. The van der Waals surface area contributed by atoms with Crippen molar-refractivity contribution in [3.05, 3.63) is 29.8 Å². The number of para-hydroxylation sites is 1. The van der Waals surface area contributed by atoms with Gasteiger partial charge in [0.15, 0.2) is 0 Å². The number of carboxylic acids is 1. The van der Waals surface area contributed by atoms with E-state index in [4.69, 9.17) is 4.74 Å². The van der Waals surface area contributed by atoms with Crippen molar-refractivity contribution in [3.63, 3.8) is 0 Å². The number of rotatable bonds is 3. The minimum atomic E-state index is -0.697. The Morgan fingerprint density at radius 1 is 1.45 bits per heavy atom. The number of nitrogens with zero attached hydrogens (tertiary/aromatic N) is 1. The van der Waals surface area contributed by atoms with Crippen molar-refractivity contribution < 1.29 is 14.6 Å². The predicted octanol–water partition coefficient (Wildman–Crippen LogP) is 2.05. The van der Waals surface area contributed by atoms with E-state index < -0.39 is 5.97 Å². The fraction of sp³-hybridized carbons (Fsp3) is 0.533. The highest BCUT2D eigenvalue weighted by Crippen LogP contribution is 2.34. The predicted molar refractivity (Wildman–Crippen MR) is 79.6 cm³/mol. The molecule has 2 atom stereocenters. The van der Waals surface area contributed by atoms with E-state index in [-0.39, 0.29) is 6.04 Å². The summed E-state index contributed by atoms with van der Waals surface area (Å²) in [5.41, 5.74) is 1.22. The highest BCUT2D eigenvalue weighted by Gasteiger charge is 2.32. The Morgan fingerprint density at radius 3 is 3.15 bits per heavy atom. The third-order valence-corrected chi connectivity index (χ3v) is 5.08. The number of carbonyl (C=O) groups is 1. The molecular formula is C15H19NO3S. The van der Waals surface area contributed by atoms with Gasteiger partial charge < -0.3 is 9.84 Å². The maximum Gasteiger partial charge on any atom is 0.321 e. The molecule has 2 aliphatic rings. The molecule has 1 saturated heterocycles. The molecule has 2 heterocycles. The lowest BCUT2D eigenvalue weighted by molar-refractivity contribution is -0.142. The lowest BCUT2D eigenvalue weighted by Crippen LogP contribution is -2.49. The summed E-state index contributed by atoms with van der Waals surface area (Å²) in [5, 5.41) is 9.35. The molecule has 20 heavy (non-hydrogen) atoms. The largest absolute Gasteiger partial charge is 0.493 e. The smallest absolute Gasteiger partial charge is 0.321 e. The van der Waals surface area contributed by atoms with Crippen molar-refractivity contribution in [3.8, 4) is 5.75 Å². The van der Waals surface area contributed by atoms with Crippen LogP contribution in [0.15, 0.2) is 24.3 Å². The summed E-state index contributed by atoms with van der Waals surface area (Å²) in [6, 6.07) is 7.78. The fourth-order valence-electron chi connectivity index (χ4n) is 2.97. The molecule has 4 nitrogen and oxygen atoms in total. The number of ether oxygens (including phenoxy) is 1. The van der Waals surface area contributed by atoms with E-state index in [0.717, 1.165) is 37.6 Å². The molecule has 0 bridgehead atoms. The van der Waals surface area contributed by atoms with Gasteiger partial charge >= 0.3 is 5.97 Å². The van der Waals surface area contributed by atoms with E-state index in [2.05, 4.69) is 11.0 Å². The van der Waals surface area contributed by atoms with Gasteiger partial charge in [-0.25, -0.2) is 0 Å². The molecule has 108 valence electrons. The van der Waals surface area contributed by atoms with Gasteiger partial charge in [-0.1, -0.05) is 18.2 Å². The highest BCUT2D eigenvalue weighted by atomic mass is 32.2. The van der Waals surface area contributed by atoms with Crippen LogP contribution in [0.3, 0.4) is 0 Å². The maximum absolute atomic E-state index is 11.4. The zero-order valence-electron chi connectivity index (χ0n) is 11.3. The summed E-state index contributed by atoms with van der Waals surface area (Å²) in [4.78, 5) is 13.5. The summed E-state index contributed by atoms with van der Waals surface area (Å²) < 4.78 is 5.68. The van der Waals surface area contributed by atoms with Crippen molar-refractivity contribution in [2.75, 3.05) is 31.2 Å². The number of aliphatic carboxylic acids is 1. The number of hydrogen-bond donors (Lipinski definition) is 1. The quantitative estimate of drug-likeness (QED) is 0.924. The second-order valence-electron chi connectivity index (χ2n) is 5.30. The molecule has 1 N–H and O–H groups in total. The number of thioether (sulfide) groups is 1.